The van der Waals surface area contributed by atoms with Gasteiger partial charge in [-0.3, -0.25) is 9.20 Å². The van der Waals surface area contributed by atoms with Crippen LogP contribution in [0.3, 0.4) is 0 Å². The summed E-state index contributed by atoms with van der Waals surface area (Å²) in [6, 6.07) is 8.30. The van der Waals surface area contributed by atoms with Crippen LogP contribution in [0.5, 0.6) is 0 Å². The second-order valence-electron chi connectivity index (χ2n) is 5.15. The van der Waals surface area contributed by atoms with Gasteiger partial charge in [0.1, 0.15) is 5.82 Å². The number of fused-ring (bicyclic) bond motifs is 1. The average Bonchev–Trinajstić information content (AvgIpc) is 2.54. The predicted molar refractivity (Wildman–Crippen MR) is 87.1 cm³/mol. The first kappa shape index (κ1) is 17.2. The van der Waals surface area contributed by atoms with E-state index in [1.165, 1.54) is 12.3 Å². The van der Waals surface area contributed by atoms with Gasteiger partial charge in [0.25, 0.3) is 5.56 Å². The maximum atomic E-state index is 13.2. The first-order chi connectivity index (χ1) is 11.8. The average molecular weight is 370 g/mol. The highest BCUT2D eigenvalue weighted by molar-refractivity contribution is 6.30. The van der Waals surface area contributed by atoms with Gasteiger partial charge in [0.05, 0.1) is 17.7 Å². The minimum absolute atomic E-state index is 0.156. The zero-order valence-corrected chi connectivity index (χ0v) is 13.3. The van der Waals surface area contributed by atoms with Gasteiger partial charge in [0, 0.05) is 16.9 Å². The van der Waals surface area contributed by atoms with Gasteiger partial charge in [-0.05, 0) is 30.3 Å². The molecule has 0 aliphatic rings. The van der Waals surface area contributed by atoms with Crippen molar-refractivity contribution in [3.8, 4) is 0 Å². The lowest BCUT2D eigenvalue weighted by atomic mass is 10.2. The van der Waals surface area contributed by atoms with Crippen LogP contribution >= 0.6 is 11.6 Å². The summed E-state index contributed by atoms with van der Waals surface area (Å²) in [6.45, 7) is -0.687. The van der Waals surface area contributed by atoms with Crippen LogP contribution in [0, 0.1) is 0 Å². The second kappa shape index (κ2) is 6.38. The highest BCUT2D eigenvalue weighted by atomic mass is 35.5. The Balaban J connectivity index is 2.26. The minimum atomic E-state index is -4.68. The Hall–Kier alpha value is -2.58. The molecule has 3 aromatic rings. The molecule has 0 atom stereocenters. The lowest BCUT2D eigenvalue weighted by molar-refractivity contribution is -0.136. The summed E-state index contributed by atoms with van der Waals surface area (Å²) in [5.41, 5.74) is -2.13. The number of hydrogen-bond acceptors (Lipinski definition) is 4. The molecule has 0 aliphatic heterocycles. The van der Waals surface area contributed by atoms with E-state index in [-0.39, 0.29) is 11.4 Å². The third kappa shape index (κ3) is 3.31. The molecule has 1 aromatic carbocycles. The van der Waals surface area contributed by atoms with Crippen LogP contribution in [0.2, 0.25) is 5.02 Å². The van der Waals surface area contributed by atoms with Crippen molar-refractivity contribution < 1.29 is 18.3 Å². The lowest BCUT2D eigenvalue weighted by Gasteiger charge is -2.14. The zero-order valence-electron chi connectivity index (χ0n) is 12.5. The van der Waals surface area contributed by atoms with Crippen molar-refractivity contribution in [1.29, 1.82) is 0 Å². The first-order valence-electron chi connectivity index (χ1n) is 7.06. The Labute approximate surface area is 144 Å². The summed E-state index contributed by atoms with van der Waals surface area (Å²) in [7, 11) is 0. The van der Waals surface area contributed by atoms with Crippen molar-refractivity contribution in [2.24, 2.45) is 0 Å². The standard InChI is InChI=1S/C16H11ClF3N3O2/c17-9-3-1-4-10(7-9)21-13-11(8-24)15(25)23-6-2-5-12(14(23)22-13)16(18,19)20/h1-7,21,24H,8H2. The van der Waals surface area contributed by atoms with E-state index in [1.807, 2.05) is 0 Å². The third-order valence-corrected chi connectivity index (χ3v) is 3.73. The maximum absolute atomic E-state index is 13.2. The van der Waals surface area contributed by atoms with Gasteiger partial charge in [-0.25, -0.2) is 4.98 Å². The second-order valence-corrected chi connectivity index (χ2v) is 5.59. The van der Waals surface area contributed by atoms with E-state index < -0.39 is 29.6 Å². The molecule has 0 radical (unpaired) electrons. The number of halogens is 4. The number of nitrogens with zero attached hydrogens (tertiary/aromatic N) is 2. The monoisotopic (exact) mass is 369 g/mol. The van der Waals surface area contributed by atoms with Crippen molar-refractivity contribution in [3.63, 3.8) is 0 Å². The molecule has 5 nitrogen and oxygen atoms in total. The molecule has 0 spiro atoms. The quantitative estimate of drug-likeness (QED) is 0.740. The fourth-order valence-corrected chi connectivity index (χ4v) is 2.56. The Morgan fingerprint density at radius 1 is 1.24 bits per heavy atom. The number of nitrogens with one attached hydrogen (secondary N) is 1. The van der Waals surface area contributed by atoms with Crippen molar-refractivity contribution in [1.82, 2.24) is 9.38 Å². The van der Waals surface area contributed by atoms with Gasteiger partial charge < -0.3 is 10.4 Å². The van der Waals surface area contributed by atoms with Gasteiger partial charge in [0.2, 0.25) is 0 Å². The Morgan fingerprint density at radius 3 is 2.64 bits per heavy atom. The zero-order chi connectivity index (χ0) is 18.2. The van der Waals surface area contributed by atoms with E-state index in [2.05, 4.69) is 10.3 Å². The largest absolute Gasteiger partial charge is 0.419 e. The van der Waals surface area contributed by atoms with Crippen molar-refractivity contribution in [2.45, 2.75) is 12.8 Å². The molecule has 2 heterocycles. The van der Waals surface area contributed by atoms with Crippen molar-refractivity contribution in [2.75, 3.05) is 5.32 Å². The van der Waals surface area contributed by atoms with Crippen LogP contribution in [-0.4, -0.2) is 14.5 Å². The molecule has 0 saturated heterocycles. The number of aromatic nitrogens is 2. The molecular formula is C16H11ClF3N3O2. The van der Waals surface area contributed by atoms with Crippen LogP contribution in [-0.2, 0) is 12.8 Å². The number of pyridine rings is 1. The van der Waals surface area contributed by atoms with E-state index in [4.69, 9.17) is 11.6 Å². The van der Waals surface area contributed by atoms with Gasteiger partial charge in [-0.2, -0.15) is 13.2 Å². The number of alkyl halides is 3. The molecule has 2 N–H and O–H groups in total. The topological polar surface area (TPSA) is 66.6 Å². The third-order valence-electron chi connectivity index (χ3n) is 3.50. The number of aliphatic hydroxyl groups excluding tert-OH is 1. The SMILES string of the molecule is O=c1c(CO)c(Nc2cccc(Cl)c2)nc2c(C(F)(F)F)cccn12. The summed E-state index contributed by atoms with van der Waals surface area (Å²) in [4.78, 5) is 16.4. The number of rotatable bonds is 3. The molecule has 25 heavy (non-hydrogen) atoms. The first-order valence-corrected chi connectivity index (χ1v) is 7.44. The maximum Gasteiger partial charge on any atom is 0.419 e. The van der Waals surface area contributed by atoms with Crippen LogP contribution < -0.4 is 10.9 Å². The summed E-state index contributed by atoms with van der Waals surface area (Å²) < 4.78 is 40.4. The molecule has 0 aliphatic carbocycles. The summed E-state index contributed by atoms with van der Waals surface area (Å²) in [5, 5.41) is 12.6. The lowest BCUT2D eigenvalue weighted by Crippen LogP contribution is -2.24. The van der Waals surface area contributed by atoms with E-state index >= 15 is 0 Å². The highest BCUT2D eigenvalue weighted by Gasteiger charge is 2.34. The summed E-state index contributed by atoms with van der Waals surface area (Å²) in [5.74, 6) is -0.161. The van der Waals surface area contributed by atoms with Crippen LogP contribution in [0.4, 0.5) is 24.7 Å². The van der Waals surface area contributed by atoms with Crippen LogP contribution in [0.25, 0.3) is 5.65 Å². The number of anilines is 2. The van der Waals surface area contributed by atoms with E-state index in [1.54, 1.807) is 18.2 Å². The highest BCUT2D eigenvalue weighted by Crippen LogP contribution is 2.32. The number of benzene rings is 1. The van der Waals surface area contributed by atoms with Crippen LogP contribution in [0.1, 0.15) is 11.1 Å². The van der Waals surface area contributed by atoms with Crippen LogP contribution in [0.15, 0.2) is 47.4 Å². The number of aliphatic hydroxyl groups is 1. The molecule has 2 aromatic heterocycles. The molecule has 0 amide bonds. The van der Waals surface area contributed by atoms with E-state index in [0.29, 0.717) is 10.7 Å². The fraction of sp³-hybridized carbons (Fsp3) is 0.125. The predicted octanol–water partition coefficient (Wildman–Crippen LogP) is 3.60. The molecule has 3 rings (SSSR count). The van der Waals surface area contributed by atoms with E-state index in [9.17, 15) is 23.1 Å². The van der Waals surface area contributed by atoms with Crippen molar-refractivity contribution in [3.05, 3.63) is 69.1 Å². The molecular weight excluding hydrogens is 359 g/mol. The molecule has 0 saturated carbocycles. The van der Waals surface area contributed by atoms with Gasteiger partial charge in [-0.1, -0.05) is 17.7 Å². The Kier molecular flexibility index (Phi) is 4.40. The molecule has 9 heteroatoms. The van der Waals surface area contributed by atoms with Gasteiger partial charge in [-0.15, -0.1) is 0 Å². The molecule has 0 fully saturated rings. The summed E-state index contributed by atoms with van der Waals surface area (Å²) >= 11 is 5.87. The normalized spacial score (nSPS) is 11.7. The minimum Gasteiger partial charge on any atom is -0.391 e. The number of hydrogen-bond donors (Lipinski definition) is 2. The fourth-order valence-electron chi connectivity index (χ4n) is 2.37. The van der Waals surface area contributed by atoms with Gasteiger partial charge >= 0.3 is 6.18 Å². The molecule has 0 unspecified atom stereocenters. The Morgan fingerprint density at radius 2 is 2.00 bits per heavy atom. The molecule has 0 bridgehead atoms. The van der Waals surface area contributed by atoms with Crippen molar-refractivity contribution >= 4 is 28.8 Å². The van der Waals surface area contributed by atoms with E-state index in [0.717, 1.165) is 16.5 Å². The Bertz CT molecular complexity index is 1000. The smallest absolute Gasteiger partial charge is 0.391 e. The van der Waals surface area contributed by atoms with Gasteiger partial charge in [0.15, 0.2) is 5.65 Å². The summed E-state index contributed by atoms with van der Waals surface area (Å²) in [6.07, 6.45) is -3.51. The molecule has 130 valence electrons.